The number of phenols is 1. The lowest BCUT2D eigenvalue weighted by Crippen LogP contribution is -2.29. The fourth-order valence-corrected chi connectivity index (χ4v) is 5.29. The van der Waals surface area contributed by atoms with E-state index < -0.39 is 0 Å². The van der Waals surface area contributed by atoms with Gasteiger partial charge in [-0.05, 0) is 98.4 Å². The molecule has 0 spiro atoms. The number of hydrogen-bond donors (Lipinski definition) is 2. The predicted octanol–water partition coefficient (Wildman–Crippen LogP) is 5.44. The highest BCUT2D eigenvalue weighted by atomic mass is 32.1. The molecular formula is C28H29N5OS. The molecule has 2 atom stereocenters. The van der Waals surface area contributed by atoms with E-state index >= 15 is 0 Å². The number of nitrogens with zero attached hydrogens (tertiary/aromatic N) is 4. The molecule has 0 unspecified atom stereocenters. The molecule has 1 saturated heterocycles. The molecule has 2 N–H and O–H groups in total. The van der Waals surface area contributed by atoms with Crippen LogP contribution in [0, 0.1) is 13.8 Å². The molecule has 1 fully saturated rings. The monoisotopic (exact) mass is 483 g/mol. The van der Waals surface area contributed by atoms with E-state index in [9.17, 15) is 5.11 Å². The molecule has 7 heteroatoms. The van der Waals surface area contributed by atoms with Gasteiger partial charge in [0.25, 0.3) is 0 Å². The third-order valence-electron chi connectivity index (χ3n) is 6.64. The fraction of sp³-hybridized carbons (Fsp3) is 0.214. The van der Waals surface area contributed by atoms with Crippen molar-refractivity contribution in [3.05, 3.63) is 102 Å². The van der Waals surface area contributed by atoms with Crippen LogP contribution in [0.4, 0.5) is 11.4 Å². The number of anilines is 2. The van der Waals surface area contributed by atoms with Gasteiger partial charge in [0.2, 0.25) is 0 Å². The van der Waals surface area contributed by atoms with Gasteiger partial charge in [0, 0.05) is 48.7 Å². The third kappa shape index (κ3) is 4.12. The van der Waals surface area contributed by atoms with Crippen LogP contribution in [0.2, 0.25) is 0 Å². The summed E-state index contributed by atoms with van der Waals surface area (Å²) < 4.78 is 2.22. The maximum absolute atomic E-state index is 9.78. The van der Waals surface area contributed by atoms with E-state index in [1.54, 1.807) is 12.1 Å². The van der Waals surface area contributed by atoms with E-state index in [-0.39, 0.29) is 17.8 Å². The average molecular weight is 484 g/mol. The van der Waals surface area contributed by atoms with Crippen LogP contribution in [-0.4, -0.2) is 33.9 Å². The first-order valence-corrected chi connectivity index (χ1v) is 12.0. The number of aryl methyl sites for hydroxylation is 1. The van der Waals surface area contributed by atoms with Gasteiger partial charge in [-0.3, -0.25) is 4.98 Å². The first kappa shape index (κ1) is 22.9. The predicted molar refractivity (Wildman–Crippen MR) is 146 cm³/mol. The molecule has 3 heterocycles. The lowest BCUT2D eigenvalue weighted by Gasteiger charge is -2.28. The van der Waals surface area contributed by atoms with E-state index in [0.717, 1.165) is 34.1 Å². The second kappa shape index (κ2) is 9.07. The number of thiocarbonyl (C=S) groups is 1. The number of phenolic OH excluding ortho intramolecular Hbond substituents is 1. The summed E-state index contributed by atoms with van der Waals surface area (Å²) in [6, 6.07) is 23.8. The zero-order valence-corrected chi connectivity index (χ0v) is 21.1. The topological polar surface area (TPSA) is 56.6 Å². The highest BCUT2D eigenvalue weighted by molar-refractivity contribution is 7.80. The first-order valence-electron chi connectivity index (χ1n) is 11.6. The van der Waals surface area contributed by atoms with Crippen molar-refractivity contribution < 1.29 is 5.11 Å². The number of hydrogen-bond acceptors (Lipinski definition) is 4. The largest absolute Gasteiger partial charge is 0.508 e. The summed E-state index contributed by atoms with van der Waals surface area (Å²) in [5, 5.41) is 14.0. The summed E-state index contributed by atoms with van der Waals surface area (Å²) in [6.45, 7) is 4.25. The number of aromatic hydroxyl groups is 1. The van der Waals surface area contributed by atoms with Crippen LogP contribution in [0.15, 0.2) is 79.0 Å². The van der Waals surface area contributed by atoms with E-state index in [0.29, 0.717) is 5.11 Å². The summed E-state index contributed by atoms with van der Waals surface area (Å²) in [4.78, 5) is 8.97. The molecule has 0 aliphatic carbocycles. The Hall–Kier alpha value is -3.84. The summed E-state index contributed by atoms with van der Waals surface area (Å²) in [6.07, 6.45) is 1.82. The Bertz CT molecular complexity index is 1350. The van der Waals surface area contributed by atoms with Gasteiger partial charge >= 0.3 is 0 Å². The quantitative estimate of drug-likeness (QED) is 0.369. The van der Waals surface area contributed by atoms with Crippen molar-refractivity contribution in [1.29, 1.82) is 0 Å². The van der Waals surface area contributed by atoms with Crippen LogP contribution in [0.1, 0.15) is 34.7 Å². The number of nitrogens with one attached hydrogen (secondary N) is 1. The summed E-state index contributed by atoms with van der Waals surface area (Å²) in [5.41, 5.74) is 7.54. The molecule has 35 heavy (non-hydrogen) atoms. The Morgan fingerprint density at radius 1 is 0.943 bits per heavy atom. The van der Waals surface area contributed by atoms with Gasteiger partial charge in [0.15, 0.2) is 5.11 Å². The van der Waals surface area contributed by atoms with Crippen LogP contribution in [0.3, 0.4) is 0 Å². The van der Waals surface area contributed by atoms with Gasteiger partial charge in [-0.25, -0.2) is 0 Å². The number of pyridine rings is 1. The van der Waals surface area contributed by atoms with Crippen molar-refractivity contribution in [2.75, 3.05) is 23.9 Å². The molecule has 0 radical (unpaired) electrons. The smallest absolute Gasteiger partial charge is 0.174 e. The van der Waals surface area contributed by atoms with Crippen LogP contribution in [0.25, 0.3) is 5.69 Å². The van der Waals surface area contributed by atoms with Crippen molar-refractivity contribution in [2.24, 2.45) is 0 Å². The van der Waals surface area contributed by atoms with Crippen LogP contribution in [0.5, 0.6) is 5.75 Å². The first-order chi connectivity index (χ1) is 16.8. The van der Waals surface area contributed by atoms with E-state index in [2.05, 4.69) is 68.8 Å². The molecule has 4 aromatic rings. The van der Waals surface area contributed by atoms with Crippen LogP contribution >= 0.6 is 12.2 Å². The minimum Gasteiger partial charge on any atom is -0.508 e. The molecule has 0 amide bonds. The Morgan fingerprint density at radius 3 is 2.26 bits per heavy atom. The lowest BCUT2D eigenvalue weighted by atomic mass is 9.96. The zero-order chi connectivity index (χ0) is 24.7. The minimum absolute atomic E-state index is 0.0836. The van der Waals surface area contributed by atoms with Gasteiger partial charge in [-0.2, -0.15) is 0 Å². The molecule has 178 valence electrons. The van der Waals surface area contributed by atoms with Crippen molar-refractivity contribution in [3.8, 4) is 11.4 Å². The summed E-state index contributed by atoms with van der Waals surface area (Å²) in [7, 11) is 4.07. The molecule has 1 aliphatic rings. The van der Waals surface area contributed by atoms with Crippen molar-refractivity contribution in [3.63, 3.8) is 0 Å². The lowest BCUT2D eigenvalue weighted by molar-refractivity contribution is 0.475. The maximum Gasteiger partial charge on any atom is 0.174 e. The van der Waals surface area contributed by atoms with E-state index in [1.165, 1.54) is 5.56 Å². The van der Waals surface area contributed by atoms with Gasteiger partial charge in [0.05, 0.1) is 17.8 Å². The molecule has 5 rings (SSSR count). The second-order valence-electron chi connectivity index (χ2n) is 9.09. The normalized spacial score (nSPS) is 17.5. The van der Waals surface area contributed by atoms with Gasteiger partial charge in [-0.1, -0.05) is 6.07 Å². The molecule has 6 nitrogen and oxygen atoms in total. The Kier molecular flexibility index (Phi) is 5.94. The van der Waals surface area contributed by atoms with Gasteiger partial charge < -0.3 is 24.8 Å². The Morgan fingerprint density at radius 2 is 1.63 bits per heavy atom. The summed E-state index contributed by atoms with van der Waals surface area (Å²) >= 11 is 5.89. The number of benzene rings is 2. The minimum atomic E-state index is -0.106. The SMILES string of the molecule is Cc1cc([C@H]2[C@H](c3ccccn3)NC(=S)N2c2ccc(N(C)C)cc2)c(C)n1-c1ccc(O)cc1. The standard InChI is InChI=1S/C28H29N5OS/c1-18-17-24(19(2)32(18)21-12-14-23(34)15-13-21)27-26(25-7-5-6-16-29-25)30-28(35)33(27)22-10-8-20(9-11-22)31(3)4/h5-17,26-27,34H,1-4H3,(H,30,35)/t26-,27-/m0/s1. The molecular weight excluding hydrogens is 454 g/mol. The van der Waals surface area contributed by atoms with Crippen molar-refractivity contribution in [2.45, 2.75) is 25.9 Å². The average Bonchev–Trinajstić information content (AvgIpc) is 3.35. The highest BCUT2D eigenvalue weighted by Crippen LogP contribution is 2.44. The molecule has 2 aromatic heterocycles. The van der Waals surface area contributed by atoms with Crippen LogP contribution in [-0.2, 0) is 0 Å². The summed E-state index contributed by atoms with van der Waals surface area (Å²) in [5.74, 6) is 0.254. The number of rotatable bonds is 5. The molecule has 1 aliphatic heterocycles. The van der Waals surface area contributed by atoms with Gasteiger partial charge in [-0.15, -0.1) is 0 Å². The Balaban J connectivity index is 1.65. The second-order valence-corrected chi connectivity index (χ2v) is 9.47. The molecule has 0 bridgehead atoms. The van der Waals surface area contributed by atoms with Crippen molar-refractivity contribution in [1.82, 2.24) is 14.9 Å². The highest BCUT2D eigenvalue weighted by Gasteiger charge is 2.42. The van der Waals surface area contributed by atoms with Gasteiger partial charge in [0.1, 0.15) is 5.75 Å². The van der Waals surface area contributed by atoms with Crippen molar-refractivity contribution >= 4 is 28.7 Å². The maximum atomic E-state index is 9.78. The molecule has 2 aromatic carbocycles. The third-order valence-corrected chi connectivity index (χ3v) is 6.95. The fourth-order valence-electron chi connectivity index (χ4n) is 4.95. The van der Waals surface area contributed by atoms with Crippen LogP contribution < -0.4 is 15.1 Å². The molecule has 0 saturated carbocycles. The number of aromatic nitrogens is 2. The Labute approximate surface area is 211 Å². The van der Waals surface area contributed by atoms with E-state index in [1.807, 2.05) is 50.6 Å². The zero-order valence-electron chi connectivity index (χ0n) is 20.3. The van der Waals surface area contributed by atoms with E-state index in [4.69, 9.17) is 12.2 Å².